The van der Waals surface area contributed by atoms with Crippen LogP contribution >= 0.6 is 38.5 Å². The molecule has 1 aromatic rings. The number of methoxy groups -OCH3 is 1. The van der Waals surface area contributed by atoms with Gasteiger partial charge in [-0.3, -0.25) is 4.79 Å². The number of ether oxygens (including phenoxy) is 1. The lowest BCUT2D eigenvalue weighted by Gasteiger charge is -2.21. The van der Waals surface area contributed by atoms with Gasteiger partial charge in [-0.2, -0.15) is 0 Å². The summed E-state index contributed by atoms with van der Waals surface area (Å²) < 4.78 is 6.14. The van der Waals surface area contributed by atoms with Gasteiger partial charge in [0.05, 0.1) is 6.61 Å². The van der Waals surface area contributed by atoms with E-state index in [1.54, 1.807) is 12.0 Å². The van der Waals surface area contributed by atoms with Crippen LogP contribution in [0.5, 0.6) is 0 Å². The number of nitrogens with zero attached hydrogens (tertiary/aromatic N) is 1. The first kappa shape index (κ1) is 14.9. The monoisotopic (exact) mass is 411 g/mol. The van der Waals surface area contributed by atoms with Gasteiger partial charge in [0.15, 0.2) is 0 Å². The van der Waals surface area contributed by atoms with Crippen LogP contribution < -0.4 is 0 Å². The smallest absolute Gasteiger partial charge is 0.253 e. The van der Waals surface area contributed by atoms with E-state index in [4.69, 9.17) is 4.74 Å². The van der Waals surface area contributed by atoms with Gasteiger partial charge in [0.2, 0.25) is 0 Å². The first-order valence-corrected chi connectivity index (χ1v) is 7.48. The zero-order valence-corrected chi connectivity index (χ0v) is 13.4. The zero-order valence-electron chi connectivity index (χ0n) is 9.66. The van der Waals surface area contributed by atoms with Crippen molar-refractivity contribution in [2.24, 2.45) is 0 Å². The first-order valence-electron chi connectivity index (χ1n) is 5.28. The second-order valence-electron chi connectivity index (χ2n) is 3.48. The van der Waals surface area contributed by atoms with E-state index in [1.165, 1.54) is 0 Å². The van der Waals surface area contributed by atoms with E-state index >= 15 is 0 Å². The van der Waals surface area contributed by atoms with Gasteiger partial charge >= 0.3 is 0 Å². The number of benzene rings is 1. The average molecular weight is 412 g/mol. The number of hydrogen-bond donors (Lipinski definition) is 0. The Kier molecular flexibility index (Phi) is 7.06. The summed E-state index contributed by atoms with van der Waals surface area (Å²) in [6.07, 6.45) is 0. The summed E-state index contributed by atoms with van der Waals surface area (Å²) in [6.45, 7) is 1.87. The second kappa shape index (κ2) is 8.05. The van der Waals surface area contributed by atoms with Crippen LogP contribution in [-0.2, 0) is 4.74 Å². The molecule has 0 heterocycles. The van der Waals surface area contributed by atoms with Crippen molar-refractivity contribution in [3.63, 3.8) is 0 Å². The Bertz CT molecular complexity index is 356. The van der Waals surface area contributed by atoms with Gasteiger partial charge in [-0.25, -0.2) is 0 Å². The predicted molar refractivity (Wildman–Crippen MR) is 80.7 cm³/mol. The molecule has 0 aliphatic carbocycles. The Morgan fingerprint density at radius 1 is 1.35 bits per heavy atom. The third-order valence-corrected chi connectivity index (χ3v) is 3.37. The topological polar surface area (TPSA) is 29.5 Å². The van der Waals surface area contributed by atoms with Crippen molar-refractivity contribution in [2.45, 2.75) is 0 Å². The van der Waals surface area contributed by atoms with E-state index < -0.39 is 0 Å². The molecule has 5 heteroatoms. The Morgan fingerprint density at radius 2 is 2.00 bits per heavy atom. The van der Waals surface area contributed by atoms with Gasteiger partial charge in [0.1, 0.15) is 0 Å². The molecular weight excluding hydrogens is 397 g/mol. The van der Waals surface area contributed by atoms with Crippen LogP contribution in [0.2, 0.25) is 0 Å². The molecule has 0 aromatic heterocycles. The minimum Gasteiger partial charge on any atom is -0.383 e. The molecule has 0 aliphatic rings. The summed E-state index contributed by atoms with van der Waals surface area (Å²) in [5.74, 6) is 0.0536. The van der Waals surface area contributed by atoms with Crippen LogP contribution in [0.1, 0.15) is 10.4 Å². The van der Waals surface area contributed by atoms with Gasteiger partial charge in [0, 0.05) is 34.7 Å². The van der Waals surface area contributed by atoms with Gasteiger partial charge < -0.3 is 9.64 Å². The van der Waals surface area contributed by atoms with Crippen LogP contribution in [0.25, 0.3) is 0 Å². The molecule has 3 nitrogen and oxygen atoms in total. The molecule has 0 fully saturated rings. The summed E-state index contributed by atoms with van der Waals surface area (Å²) in [5.41, 5.74) is 0.725. The minimum absolute atomic E-state index is 0.0536. The first-order chi connectivity index (χ1) is 8.19. The molecule has 1 amide bonds. The third kappa shape index (κ3) is 4.93. The number of alkyl halides is 1. The number of carbonyl (C=O) groups excluding carboxylic acids is 1. The molecule has 0 bridgehead atoms. The normalized spacial score (nSPS) is 10.3. The standard InChI is InChI=1S/C12H15BrINO2/c1-17-9-8-15(7-6-13)12(16)10-2-4-11(14)5-3-10/h2-5H,6-9H2,1H3. The maximum Gasteiger partial charge on any atom is 0.253 e. The average Bonchev–Trinajstić information content (AvgIpc) is 2.34. The van der Waals surface area contributed by atoms with Crippen molar-refractivity contribution in [1.82, 2.24) is 4.90 Å². The largest absolute Gasteiger partial charge is 0.383 e. The lowest BCUT2D eigenvalue weighted by Crippen LogP contribution is -2.35. The molecule has 1 rings (SSSR count). The van der Waals surface area contributed by atoms with Crippen LogP contribution in [0.4, 0.5) is 0 Å². The molecule has 0 aliphatic heterocycles. The number of rotatable bonds is 6. The summed E-state index contributed by atoms with van der Waals surface area (Å²) in [5, 5.41) is 0.771. The van der Waals surface area contributed by atoms with Crippen molar-refractivity contribution in [1.29, 1.82) is 0 Å². The van der Waals surface area contributed by atoms with Gasteiger partial charge in [-0.15, -0.1) is 0 Å². The highest BCUT2D eigenvalue weighted by Crippen LogP contribution is 2.09. The van der Waals surface area contributed by atoms with Crippen LogP contribution in [0.3, 0.4) is 0 Å². The van der Waals surface area contributed by atoms with Crippen molar-refractivity contribution in [3.8, 4) is 0 Å². The second-order valence-corrected chi connectivity index (χ2v) is 5.52. The predicted octanol–water partition coefficient (Wildman–Crippen LogP) is 2.77. The quantitative estimate of drug-likeness (QED) is 0.532. The highest BCUT2D eigenvalue weighted by atomic mass is 127. The van der Waals surface area contributed by atoms with Crippen molar-refractivity contribution < 1.29 is 9.53 Å². The fourth-order valence-electron chi connectivity index (χ4n) is 1.39. The molecule has 0 saturated carbocycles. The highest BCUT2D eigenvalue weighted by Gasteiger charge is 2.14. The molecule has 0 atom stereocenters. The van der Waals surface area contributed by atoms with Crippen LogP contribution in [0, 0.1) is 3.57 Å². The highest BCUT2D eigenvalue weighted by molar-refractivity contribution is 14.1. The number of hydrogen-bond acceptors (Lipinski definition) is 2. The van der Waals surface area contributed by atoms with Crippen molar-refractivity contribution in [2.75, 3.05) is 32.1 Å². The van der Waals surface area contributed by atoms with Gasteiger partial charge in [-0.1, -0.05) is 15.9 Å². The fourth-order valence-corrected chi connectivity index (χ4v) is 2.18. The molecule has 1 aromatic carbocycles. The molecule has 0 radical (unpaired) electrons. The molecule has 94 valence electrons. The maximum atomic E-state index is 12.2. The van der Waals surface area contributed by atoms with E-state index in [9.17, 15) is 4.79 Å². The van der Waals surface area contributed by atoms with Gasteiger partial charge in [0.25, 0.3) is 5.91 Å². The fraction of sp³-hybridized carbons (Fsp3) is 0.417. The Labute approximate surface area is 124 Å². The number of carbonyl (C=O) groups is 1. The summed E-state index contributed by atoms with van der Waals surface area (Å²) in [6, 6.07) is 7.60. The summed E-state index contributed by atoms with van der Waals surface area (Å²) in [4.78, 5) is 14.0. The van der Waals surface area contributed by atoms with E-state index in [0.29, 0.717) is 19.7 Å². The van der Waals surface area contributed by atoms with Crippen molar-refractivity contribution >= 4 is 44.4 Å². The Balaban J connectivity index is 2.72. The molecule has 0 unspecified atom stereocenters. The van der Waals surface area contributed by atoms with Crippen molar-refractivity contribution in [3.05, 3.63) is 33.4 Å². The van der Waals surface area contributed by atoms with E-state index in [2.05, 4.69) is 38.5 Å². The van der Waals surface area contributed by atoms with Crippen LogP contribution in [-0.4, -0.2) is 42.9 Å². The lowest BCUT2D eigenvalue weighted by atomic mass is 10.2. The molecule has 0 saturated heterocycles. The van der Waals surface area contributed by atoms with E-state index in [-0.39, 0.29) is 5.91 Å². The Hall–Kier alpha value is -0.140. The summed E-state index contributed by atoms with van der Waals surface area (Å²) >= 11 is 5.58. The number of amides is 1. The third-order valence-electron chi connectivity index (χ3n) is 2.30. The lowest BCUT2D eigenvalue weighted by molar-refractivity contribution is 0.0709. The molecule has 0 N–H and O–H groups in total. The molecule has 0 spiro atoms. The molecule has 17 heavy (non-hydrogen) atoms. The maximum absolute atomic E-state index is 12.2. The van der Waals surface area contributed by atoms with E-state index in [0.717, 1.165) is 14.5 Å². The molecular formula is C12H15BrINO2. The SMILES string of the molecule is COCCN(CCBr)C(=O)c1ccc(I)cc1. The zero-order chi connectivity index (χ0) is 12.7. The van der Waals surface area contributed by atoms with Crippen LogP contribution in [0.15, 0.2) is 24.3 Å². The summed E-state index contributed by atoms with van der Waals surface area (Å²) in [7, 11) is 1.64. The minimum atomic E-state index is 0.0536. The number of halogens is 2. The van der Waals surface area contributed by atoms with E-state index in [1.807, 2.05) is 24.3 Å². The Morgan fingerprint density at radius 3 is 2.53 bits per heavy atom. The van der Waals surface area contributed by atoms with Gasteiger partial charge in [-0.05, 0) is 46.9 Å².